The molecule has 1 aromatic rings. The third-order valence-electron chi connectivity index (χ3n) is 5.99. The Kier molecular flexibility index (Phi) is 6.96. The van der Waals surface area contributed by atoms with Crippen molar-refractivity contribution in [2.45, 2.75) is 57.6 Å². The first-order valence-electron chi connectivity index (χ1n) is 9.86. The topological polar surface area (TPSA) is 32.8 Å². The molecule has 0 unspecified atom stereocenters. The van der Waals surface area contributed by atoms with Crippen LogP contribution in [0, 0.1) is 6.92 Å². The van der Waals surface area contributed by atoms with E-state index in [4.69, 9.17) is 16.3 Å². The zero-order chi connectivity index (χ0) is 18.5. The minimum Gasteiger partial charge on any atom is -0.381 e. The third-order valence-corrected chi connectivity index (χ3v) is 6.42. The Bertz CT molecular complexity index is 606. The van der Waals surface area contributed by atoms with Crippen LogP contribution in [0.2, 0.25) is 5.02 Å². The molecule has 4 nitrogen and oxygen atoms in total. The second-order valence-electron chi connectivity index (χ2n) is 7.67. The number of hydrogen-bond acceptors (Lipinski definition) is 3. The lowest BCUT2D eigenvalue weighted by Crippen LogP contribution is -2.49. The molecule has 2 saturated heterocycles. The summed E-state index contributed by atoms with van der Waals surface area (Å²) in [5, 5.41) is 0.789. The number of benzene rings is 1. The molecule has 0 aromatic heterocycles. The standard InChI is InChI=1S/C21H31ClN2O2/c1-16-15-17(3-5-20(16)22)4-6-21(25)24-11-7-18(8-12-24)23-13-9-19(26-2)10-14-23/h3,5,15,18-19H,4,6-14H2,1-2H3. The predicted molar refractivity (Wildman–Crippen MR) is 106 cm³/mol. The molecule has 2 aliphatic heterocycles. The lowest BCUT2D eigenvalue weighted by molar-refractivity contribution is -0.132. The molecular weight excluding hydrogens is 348 g/mol. The van der Waals surface area contributed by atoms with E-state index in [1.807, 2.05) is 26.2 Å². The highest BCUT2D eigenvalue weighted by Crippen LogP contribution is 2.23. The molecule has 0 saturated carbocycles. The number of amides is 1. The van der Waals surface area contributed by atoms with Gasteiger partial charge in [0.2, 0.25) is 5.91 Å². The fourth-order valence-electron chi connectivity index (χ4n) is 4.23. The van der Waals surface area contributed by atoms with Gasteiger partial charge in [-0.1, -0.05) is 23.7 Å². The summed E-state index contributed by atoms with van der Waals surface area (Å²) in [6, 6.07) is 6.68. The van der Waals surface area contributed by atoms with E-state index in [-0.39, 0.29) is 5.91 Å². The summed E-state index contributed by atoms with van der Waals surface area (Å²) in [6.07, 6.45) is 6.29. The summed E-state index contributed by atoms with van der Waals surface area (Å²) in [7, 11) is 1.82. The number of likely N-dealkylation sites (tertiary alicyclic amines) is 2. The minimum atomic E-state index is 0.286. The van der Waals surface area contributed by atoms with Crippen molar-refractivity contribution in [3.8, 4) is 0 Å². The molecule has 2 heterocycles. The Labute approximate surface area is 162 Å². The summed E-state index contributed by atoms with van der Waals surface area (Å²) < 4.78 is 5.47. The van der Waals surface area contributed by atoms with Crippen LogP contribution in [0.3, 0.4) is 0 Å². The number of hydrogen-bond donors (Lipinski definition) is 0. The van der Waals surface area contributed by atoms with Crippen molar-refractivity contribution in [3.63, 3.8) is 0 Å². The number of ether oxygens (including phenoxy) is 1. The van der Waals surface area contributed by atoms with E-state index in [9.17, 15) is 4.79 Å². The van der Waals surface area contributed by atoms with Crippen molar-refractivity contribution in [3.05, 3.63) is 34.3 Å². The molecule has 0 atom stereocenters. The van der Waals surface area contributed by atoms with Crippen LogP contribution in [-0.2, 0) is 16.0 Å². The lowest BCUT2D eigenvalue weighted by Gasteiger charge is -2.41. The zero-order valence-electron chi connectivity index (χ0n) is 16.0. The molecule has 0 radical (unpaired) electrons. The summed E-state index contributed by atoms with van der Waals surface area (Å²) in [4.78, 5) is 17.2. The van der Waals surface area contributed by atoms with Gasteiger partial charge in [-0.3, -0.25) is 4.79 Å². The number of rotatable bonds is 5. The molecule has 0 aliphatic carbocycles. The van der Waals surface area contributed by atoms with Crippen LogP contribution >= 0.6 is 11.6 Å². The van der Waals surface area contributed by atoms with Crippen LogP contribution in [0.4, 0.5) is 0 Å². The summed E-state index contributed by atoms with van der Waals surface area (Å²) >= 11 is 6.07. The predicted octanol–water partition coefficient (Wildman–Crippen LogP) is 3.68. The van der Waals surface area contributed by atoms with Crippen molar-refractivity contribution in [2.24, 2.45) is 0 Å². The molecule has 1 aromatic carbocycles. The van der Waals surface area contributed by atoms with E-state index in [1.54, 1.807) is 0 Å². The first kappa shape index (κ1) is 19.7. The van der Waals surface area contributed by atoms with Crippen LogP contribution in [0.15, 0.2) is 18.2 Å². The largest absolute Gasteiger partial charge is 0.381 e. The second kappa shape index (κ2) is 9.20. The number of methoxy groups -OCH3 is 1. The average Bonchev–Trinajstić information content (AvgIpc) is 2.69. The highest BCUT2D eigenvalue weighted by molar-refractivity contribution is 6.31. The Morgan fingerprint density at radius 3 is 2.46 bits per heavy atom. The highest BCUT2D eigenvalue weighted by Gasteiger charge is 2.29. The minimum absolute atomic E-state index is 0.286. The van der Waals surface area contributed by atoms with Crippen molar-refractivity contribution in [1.29, 1.82) is 0 Å². The van der Waals surface area contributed by atoms with E-state index >= 15 is 0 Å². The number of piperidine rings is 2. The van der Waals surface area contributed by atoms with Gasteiger partial charge in [0.1, 0.15) is 0 Å². The molecule has 0 spiro atoms. The monoisotopic (exact) mass is 378 g/mol. The van der Waals surface area contributed by atoms with Crippen molar-refractivity contribution < 1.29 is 9.53 Å². The number of carbonyl (C=O) groups excluding carboxylic acids is 1. The highest BCUT2D eigenvalue weighted by atomic mass is 35.5. The number of nitrogens with zero attached hydrogens (tertiary/aromatic N) is 2. The van der Waals surface area contributed by atoms with Gasteiger partial charge in [-0.2, -0.15) is 0 Å². The van der Waals surface area contributed by atoms with Crippen molar-refractivity contribution in [1.82, 2.24) is 9.80 Å². The quantitative estimate of drug-likeness (QED) is 0.783. The van der Waals surface area contributed by atoms with E-state index in [1.165, 1.54) is 5.56 Å². The fourth-order valence-corrected chi connectivity index (χ4v) is 4.35. The zero-order valence-corrected chi connectivity index (χ0v) is 16.8. The van der Waals surface area contributed by atoms with E-state index in [0.717, 1.165) is 68.9 Å². The third kappa shape index (κ3) is 4.99. The molecule has 26 heavy (non-hydrogen) atoms. The lowest BCUT2D eigenvalue weighted by atomic mass is 9.98. The maximum Gasteiger partial charge on any atom is 0.222 e. The molecule has 144 valence electrons. The maximum atomic E-state index is 12.6. The van der Waals surface area contributed by atoms with Gasteiger partial charge < -0.3 is 14.5 Å². The Morgan fingerprint density at radius 2 is 1.85 bits per heavy atom. The van der Waals surface area contributed by atoms with Gasteiger partial charge in [0.25, 0.3) is 0 Å². The van der Waals surface area contributed by atoms with Gasteiger partial charge in [0.15, 0.2) is 0 Å². The van der Waals surface area contributed by atoms with Crippen molar-refractivity contribution >= 4 is 17.5 Å². The summed E-state index contributed by atoms with van der Waals surface area (Å²) in [5.41, 5.74) is 2.27. The molecule has 0 N–H and O–H groups in total. The average molecular weight is 379 g/mol. The van der Waals surface area contributed by atoms with Crippen LogP contribution in [0.25, 0.3) is 0 Å². The van der Waals surface area contributed by atoms with Gasteiger partial charge in [-0.25, -0.2) is 0 Å². The van der Waals surface area contributed by atoms with E-state index in [2.05, 4.69) is 15.9 Å². The number of halogens is 1. The van der Waals surface area contributed by atoms with Crippen LogP contribution in [0.1, 0.15) is 43.2 Å². The first-order valence-corrected chi connectivity index (χ1v) is 10.2. The van der Waals surface area contributed by atoms with Gasteiger partial charge >= 0.3 is 0 Å². The van der Waals surface area contributed by atoms with Crippen LogP contribution < -0.4 is 0 Å². The van der Waals surface area contributed by atoms with Gasteiger partial charge in [0.05, 0.1) is 6.10 Å². The molecule has 0 bridgehead atoms. The Balaban J connectivity index is 1.41. The van der Waals surface area contributed by atoms with Crippen LogP contribution in [-0.4, -0.2) is 61.1 Å². The smallest absolute Gasteiger partial charge is 0.222 e. The second-order valence-corrected chi connectivity index (χ2v) is 8.07. The maximum absolute atomic E-state index is 12.6. The van der Waals surface area contributed by atoms with Gasteiger partial charge in [-0.05, 0) is 56.2 Å². The van der Waals surface area contributed by atoms with E-state index < -0.39 is 0 Å². The molecule has 5 heteroatoms. The van der Waals surface area contributed by atoms with Gasteiger partial charge in [-0.15, -0.1) is 0 Å². The summed E-state index contributed by atoms with van der Waals surface area (Å²) in [6.45, 7) is 6.06. The SMILES string of the molecule is COC1CCN(C2CCN(C(=O)CCc3ccc(Cl)c(C)c3)CC2)CC1. The number of carbonyl (C=O) groups is 1. The Morgan fingerprint density at radius 1 is 1.15 bits per heavy atom. The molecule has 3 rings (SSSR count). The fraction of sp³-hybridized carbons (Fsp3) is 0.667. The van der Waals surface area contributed by atoms with E-state index in [0.29, 0.717) is 18.6 Å². The molecule has 2 fully saturated rings. The van der Waals surface area contributed by atoms with Crippen LogP contribution in [0.5, 0.6) is 0 Å². The molecule has 2 aliphatic rings. The number of aryl methyl sites for hydroxylation is 2. The Hall–Kier alpha value is -1.10. The summed E-state index contributed by atoms with van der Waals surface area (Å²) in [5.74, 6) is 0.286. The normalized spacial score (nSPS) is 20.5. The van der Waals surface area contributed by atoms with Crippen molar-refractivity contribution in [2.75, 3.05) is 33.3 Å². The first-order chi connectivity index (χ1) is 12.6. The van der Waals surface area contributed by atoms with Gasteiger partial charge in [0, 0.05) is 50.8 Å². The molecular formula is C21H31ClN2O2. The molecule has 1 amide bonds.